The quantitative estimate of drug-likeness (QED) is 0.358. The summed E-state index contributed by atoms with van der Waals surface area (Å²) >= 11 is 0. The number of hydrogen-bond acceptors (Lipinski definition) is 6. The first-order valence-corrected chi connectivity index (χ1v) is 12.7. The average molecular weight is 467 g/mol. The van der Waals surface area contributed by atoms with Gasteiger partial charge in [-0.3, -0.25) is 14.4 Å². The molecule has 2 amide bonds. The van der Waals surface area contributed by atoms with Gasteiger partial charge in [-0.1, -0.05) is 40.5 Å². The Kier molecular flexibility index (Phi) is 7.79. The summed E-state index contributed by atoms with van der Waals surface area (Å²) in [7, 11) is 0. The van der Waals surface area contributed by atoms with Crippen LogP contribution in [0.5, 0.6) is 0 Å². The molecular formula is C25H42N2O6. The molecule has 3 saturated heterocycles. The van der Waals surface area contributed by atoms with Crippen LogP contribution in [0, 0.1) is 23.7 Å². The van der Waals surface area contributed by atoms with E-state index >= 15 is 0 Å². The van der Waals surface area contributed by atoms with Crippen molar-refractivity contribution in [1.29, 1.82) is 0 Å². The van der Waals surface area contributed by atoms with Gasteiger partial charge in [0.05, 0.1) is 30.8 Å². The molecule has 0 aromatic rings. The van der Waals surface area contributed by atoms with Gasteiger partial charge in [0.2, 0.25) is 11.8 Å². The van der Waals surface area contributed by atoms with Gasteiger partial charge in [-0.25, -0.2) is 0 Å². The third kappa shape index (κ3) is 4.18. The summed E-state index contributed by atoms with van der Waals surface area (Å²) in [6.45, 7) is 12.3. The molecule has 3 unspecified atom stereocenters. The fourth-order valence-corrected chi connectivity index (χ4v) is 6.46. The summed E-state index contributed by atoms with van der Waals surface area (Å²) in [6, 6.07) is -1.39. The maximum Gasteiger partial charge on any atom is 0.312 e. The Hall–Kier alpha value is -1.67. The summed E-state index contributed by atoms with van der Waals surface area (Å²) in [4.78, 5) is 42.2. The lowest BCUT2D eigenvalue weighted by Gasteiger charge is -2.37. The zero-order valence-corrected chi connectivity index (χ0v) is 21.1. The lowest BCUT2D eigenvalue weighted by Crippen LogP contribution is -2.58. The third-order valence-corrected chi connectivity index (χ3v) is 7.97. The molecule has 3 aliphatic rings. The molecule has 188 valence electrons. The number of aliphatic hydroxyl groups excluding tert-OH is 1. The Labute approximate surface area is 197 Å². The number of likely N-dealkylation sites (tertiary alicyclic amines) is 1. The number of carbonyl (C=O) groups excluding carboxylic acids is 3. The van der Waals surface area contributed by atoms with Crippen molar-refractivity contribution in [2.75, 3.05) is 19.8 Å². The van der Waals surface area contributed by atoms with Crippen molar-refractivity contribution in [3.63, 3.8) is 0 Å². The van der Waals surface area contributed by atoms with Crippen LogP contribution in [0.1, 0.15) is 73.6 Å². The van der Waals surface area contributed by atoms with Crippen LogP contribution in [0.2, 0.25) is 0 Å². The first kappa shape index (κ1) is 25.9. The number of ether oxygens (including phenoxy) is 2. The van der Waals surface area contributed by atoms with E-state index in [9.17, 15) is 19.5 Å². The second-order valence-electron chi connectivity index (χ2n) is 10.7. The molecule has 3 aliphatic heterocycles. The lowest BCUT2D eigenvalue weighted by molar-refractivity contribution is -0.162. The van der Waals surface area contributed by atoms with Crippen molar-refractivity contribution in [3.8, 4) is 0 Å². The first-order chi connectivity index (χ1) is 15.6. The number of nitrogens with zero attached hydrogens (tertiary/aromatic N) is 1. The van der Waals surface area contributed by atoms with Gasteiger partial charge >= 0.3 is 5.97 Å². The molecule has 0 saturated carbocycles. The van der Waals surface area contributed by atoms with Gasteiger partial charge in [-0.2, -0.15) is 0 Å². The van der Waals surface area contributed by atoms with Crippen LogP contribution in [0.4, 0.5) is 0 Å². The van der Waals surface area contributed by atoms with E-state index < -0.39 is 41.1 Å². The zero-order valence-electron chi connectivity index (χ0n) is 21.1. The van der Waals surface area contributed by atoms with Crippen LogP contribution in [0.25, 0.3) is 0 Å². The number of esters is 1. The Balaban J connectivity index is 2.04. The molecule has 1 spiro atoms. The minimum atomic E-state index is -1.10. The predicted molar refractivity (Wildman–Crippen MR) is 123 cm³/mol. The van der Waals surface area contributed by atoms with Crippen molar-refractivity contribution >= 4 is 17.8 Å². The Morgan fingerprint density at radius 1 is 1.30 bits per heavy atom. The van der Waals surface area contributed by atoms with E-state index in [0.717, 1.165) is 19.3 Å². The lowest BCUT2D eigenvalue weighted by atomic mass is 9.62. The molecule has 8 heteroatoms. The highest BCUT2D eigenvalue weighted by Gasteiger charge is 2.80. The molecule has 7 atom stereocenters. The smallest absolute Gasteiger partial charge is 0.312 e. The highest BCUT2D eigenvalue weighted by Crippen LogP contribution is 2.65. The van der Waals surface area contributed by atoms with Crippen molar-refractivity contribution < 1.29 is 29.0 Å². The molecule has 0 aromatic heterocycles. The van der Waals surface area contributed by atoms with E-state index in [1.165, 1.54) is 0 Å². The molecule has 2 N–H and O–H groups in total. The summed E-state index contributed by atoms with van der Waals surface area (Å²) in [5.41, 5.74) is -1.96. The van der Waals surface area contributed by atoms with Gasteiger partial charge in [-0.15, -0.1) is 0 Å². The number of hydrogen-bond donors (Lipinski definition) is 2. The topological polar surface area (TPSA) is 105 Å². The van der Waals surface area contributed by atoms with Crippen LogP contribution in [0.15, 0.2) is 0 Å². The summed E-state index contributed by atoms with van der Waals surface area (Å²) in [6.07, 6.45) is 3.97. The Morgan fingerprint density at radius 2 is 2.00 bits per heavy atom. The van der Waals surface area contributed by atoms with Crippen LogP contribution in [-0.2, 0) is 23.9 Å². The van der Waals surface area contributed by atoms with Gasteiger partial charge in [0.25, 0.3) is 0 Å². The number of nitrogens with one attached hydrogen (secondary N) is 1. The van der Waals surface area contributed by atoms with Crippen molar-refractivity contribution in [2.45, 2.75) is 96.9 Å². The SMILES string of the molecule is CCCCCNC(=O)C1N([C@@H](CO)CC(C)C)C(=O)[C@@H]2[C@@H](C(=O)OCC)[C@]3(C)OC12CC3C. The van der Waals surface area contributed by atoms with E-state index in [1.807, 2.05) is 27.7 Å². The van der Waals surface area contributed by atoms with Crippen LogP contribution >= 0.6 is 0 Å². The molecule has 0 aliphatic carbocycles. The number of aliphatic hydroxyl groups is 1. The van der Waals surface area contributed by atoms with Crippen LogP contribution in [0.3, 0.4) is 0 Å². The predicted octanol–water partition coefficient (Wildman–Crippen LogP) is 2.27. The van der Waals surface area contributed by atoms with Crippen molar-refractivity contribution in [1.82, 2.24) is 10.2 Å². The van der Waals surface area contributed by atoms with Crippen LogP contribution in [-0.4, -0.2) is 70.8 Å². The minimum absolute atomic E-state index is 0.0241. The van der Waals surface area contributed by atoms with Gasteiger partial charge in [0.15, 0.2) is 0 Å². The Morgan fingerprint density at radius 3 is 2.58 bits per heavy atom. The van der Waals surface area contributed by atoms with E-state index in [0.29, 0.717) is 19.4 Å². The maximum absolute atomic E-state index is 14.0. The summed E-state index contributed by atoms with van der Waals surface area (Å²) < 4.78 is 12.0. The highest BCUT2D eigenvalue weighted by molar-refractivity contribution is 5.98. The number of amides is 2. The van der Waals surface area contributed by atoms with Crippen molar-refractivity contribution in [2.24, 2.45) is 23.7 Å². The maximum atomic E-state index is 14.0. The highest BCUT2D eigenvalue weighted by atomic mass is 16.6. The van der Waals surface area contributed by atoms with E-state index in [4.69, 9.17) is 9.47 Å². The first-order valence-electron chi connectivity index (χ1n) is 12.7. The van der Waals surface area contributed by atoms with Gasteiger partial charge in [0.1, 0.15) is 17.6 Å². The number of rotatable bonds is 11. The molecule has 3 fully saturated rings. The third-order valence-electron chi connectivity index (χ3n) is 7.97. The molecular weight excluding hydrogens is 424 g/mol. The number of unbranched alkanes of at least 4 members (excludes halogenated alkanes) is 2. The van der Waals surface area contributed by atoms with E-state index in [-0.39, 0.29) is 36.9 Å². The molecule has 3 heterocycles. The van der Waals surface area contributed by atoms with Crippen molar-refractivity contribution in [3.05, 3.63) is 0 Å². The zero-order chi connectivity index (χ0) is 24.6. The normalized spacial score (nSPS) is 35.8. The summed E-state index contributed by atoms with van der Waals surface area (Å²) in [5, 5.41) is 13.3. The Bertz CT molecular complexity index is 757. The number of carbonyl (C=O) groups is 3. The largest absolute Gasteiger partial charge is 0.466 e. The molecule has 33 heavy (non-hydrogen) atoms. The molecule has 3 rings (SSSR count). The number of fused-ring (bicyclic) bond motifs is 1. The van der Waals surface area contributed by atoms with Gasteiger partial charge < -0.3 is 24.8 Å². The molecule has 0 radical (unpaired) electrons. The van der Waals surface area contributed by atoms with Gasteiger partial charge in [0, 0.05) is 6.54 Å². The second-order valence-corrected chi connectivity index (χ2v) is 10.7. The standard InChI is InChI=1S/C25H42N2O6/c1-7-9-10-11-26-21(29)20-25-13-16(5)24(6,33-25)19(23(31)32-8-2)18(25)22(30)27(20)17(14-28)12-15(3)4/h15-20,28H,7-14H2,1-6H3,(H,26,29)/t16?,17-,18+,19+,20?,24-,25?/m1/s1. The molecule has 0 aromatic carbocycles. The monoisotopic (exact) mass is 466 g/mol. The second kappa shape index (κ2) is 9.90. The van der Waals surface area contributed by atoms with Crippen LogP contribution < -0.4 is 5.32 Å². The molecule has 8 nitrogen and oxygen atoms in total. The minimum Gasteiger partial charge on any atom is -0.466 e. The summed E-state index contributed by atoms with van der Waals surface area (Å²) in [5.74, 6) is -2.35. The fourth-order valence-electron chi connectivity index (χ4n) is 6.46. The average Bonchev–Trinajstić information content (AvgIpc) is 3.26. The van der Waals surface area contributed by atoms with Gasteiger partial charge in [-0.05, 0) is 44.9 Å². The van der Waals surface area contributed by atoms with E-state index in [2.05, 4.69) is 12.2 Å². The molecule has 2 bridgehead atoms. The van der Waals surface area contributed by atoms with E-state index in [1.54, 1.807) is 11.8 Å². The fraction of sp³-hybridized carbons (Fsp3) is 0.880.